The van der Waals surface area contributed by atoms with Crippen LogP contribution in [0, 0.1) is 6.92 Å². The Hall–Kier alpha value is -2.89. The number of pyridine rings is 1. The first kappa shape index (κ1) is 16.6. The first-order valence-electron chi connectivity index (χ1n) is 8.89. The molecule has 0 radical (unpaired) electrons. The maximum Gasteiger partial charge on any atom is 0.230 e. The van der Waals surface area contributed by atoms with Gasteiger partial charge in [-0.25, -0.2) is 4.98 Å². The highest BCUT2D eigenvalue weighted by molar-refractivity contribution is 5.91. The molecule has 4 rings (SSSR count). The number of nitrogens with one attached hydrogen (secondary N) is 1. The summed E-state index contributed by atoms with van der Waals surface area (Å²) in [4.78, 5) is 16.6. The van der Waals surface area contributed by atoms with E-state index >= 15 is 0 Å². The molecule has 0 saturated carbocycles. The molecule has 1 amide bonds. The van der Waals surface area contributed by atoms with Crippen molar-refractivity contribution in [3.63, 3.8) is 0 Å². The summed E-state index contributed by atoms with van der Waals surface area (Å²) >= 11 is 0. The molecule has 0 spiro atoms. The maximum atomic E-state index is 12.2. The van der Waals surface area contributed by atoms with Crippen LogP contribution in [-0.2, 0) is 16.8 Å². The summed E-state index contributed by atoms with van der Waals surface area (Å²) in [5.41, 5.74) is 3.62. The van der Waals surface area contributed by atoms with Gasteiger partial charge in [-0.2, -0.15) is 5.10 Å². The number of aromatic nitrogens is 3. The Bertz CT molecular complexity index is 1020. The lowest BCUT2D eigenvalue weighted by Gasteiger charge is -2.21. The van der Waals surface area contributed by atoms with Gasteiger partial charge in [0.05, 0.1) is 22.8 Å². The smallest absolute Gasteiger partial charge is 0.230 e. The summed E-state index contributed by atoms with van der Waals surface area (Å²) in [5, 5.41) is 18.9. The Morgan fingerprint density at radius 1 is 1.35 bits per heavy atom. The minimum atomic E-state index is -0.726. The molecule has 1 aliphatic rings. The molecule has 26 heavy (non-hydrogen) atoms. The van der Waals surface area contributed by atoms with Crippen LogP contribution in [0.1, 0.15) is 31.4 Å². The molecule has 3 aromatic rings. The van der Waals surface area contributed by atoms with Crippen LogP contribution in [0.4, 0.5) is 0 Å². The number of nitrogens with zero attached hydrogens (tertiary/aromatic N) is 3. The molecule has 6 heteroatoms. The summed E-state index contributed by atoms with van der Waals surface area (Å²) in [6.45, 7) is 7.36. The van der Waals surface area contributed by atoms with Crippen LogP contribution in [0.15, 0.2) is 30.5 Å². The fourth-order valence-corrected chi connectivity index (χ4v) is 3.78. The van der Waals surface area contributed by atoms with Crippen LogP contribution in [-0.4, -0.2) is 32.3 Å². The van der Waals surface area contributed by atoms with E-state index < -0.39 is 5.41 Å². The van der Waals surface area contributed by atoms with Crippen LogP contribution < -0.4 is 5.32 Å². The van der Waals surface area contributed by atoms with Gasteiger partial charge in [0.15, 0.2) is 0 Å². The number of amides is 1. The number of hydrogen-bond donors (Lipinski definition) is 2. The number of aromatic hydroxyl groups is 1. The molecule has 1 atom stereocenters. The monoisotopic (exact) mass is 350 g/mol. The van der Waals surface area contributed by atoms with E-state index in [-0.39, 0.29) is 11.8 Å². The highest BCUT2D eigenvalue weighted by Crippen LogP contribution is 2.37. The van der Waals surface area contributed by atoms with Gasteiger partial charge in [0.25, 0.3) is 0 Å². The molecule has 0 unspecified atom stereocenters. The van der Waals surface area contributed by atoms with E-state index in [1.165, 1.54) is 0 Å². The normalized spacial score (nSPS) is 19.9. The van der Waals surface area contributed by atoms with Crippen molar-refractivity contribution in [1.82, 2.24) is 20.1 Å². The van der Waals surface area contributed by atoms with Gasteiger partial charge in [0.1, 0.15) is 0 Å². The van der Waals surface area contributed by atoms with E-state index in [1.54, 1.807) is 0 Å². The van der Waals surface area contributed by atoms with Crippen LogP contribution in [0.2, 0.25) is 0 Å². The SMILES string of the molecule is CCn1ncc2c(C)cc(-c3ccc([C@@]4(C)CCNC4=O)c(O)n3)cc21. The summed E-state index contributed by atoms with van der Waals surface area (Å²) in [6.07, 6.45) is 2.53. The number of aryl methyl sites for hydroxylation is 2. The first-order valence-corrected chi connectivity index (χ1v) is 8.89. The molecule has 134 valence electrons. The quantitative estimate of drug-likeness (QED) is 0.761. The minimum absolute atomic E-state index is 0.0635. The van der Waals surface area contributed by atoms with E-state index in [9.17, 15) is 9.90 Å². The highest BCUT2D eigenvalue weighted by atomic mass is 16.3. The molecule has 1 fully saturated rings. The highest BCUT2D eigenvalue weighted by Gasteiger charge is 2.41. The molecule has 0 bridgehead atoms. The fourth-order valence-electron chi connectivity index (χ4n) is 3.78. The van der Waals surface area contributed by atoms with Gasteiger partial charge in [0.2, 0.25) is 11.8 Å². The Labute approximate surface area is 151 Å². The molecule has 3 heterocycles. The number of rotatable bonds is 3. The van der Waals surface area contributed by atoms with E-state index in [1.807, 2.05) is 42.9 Å². The third-order valence-corrected chi connectivity index (χ3v) is 5.45. The van der Waals surface area contributed by atoms with E-state index in [2.05, 4.69) is 28.4 Å². The molecule has 1 aliphatic heterocycles. The molecule has 1 aromatic carbocycles. The molecule has 6 nitrogen and oxygen atoms in total. The van der Waals surface area contributed by atoms with Crippen molar-refractivity contribution in [1.29, 1.82) is 0 Å². The van der Waals surface area contributed by atoms with E-state index in [4.69, 9.17) is 0 Å². The number of carbonyl (C=O) groups excluding carboxylic acids is 1. The third kappa shape index (κ3) is 2.36. The molecule has 0 aliphatic carbocycles. The summed E-state index contributed by atoms with van der Waals surface area (Å²) in [7, 11) is 0. The van der Waals surface area contributed by atoms with Crippen molar-refractivity contribution in [2.45, 2.75) is 39.2 Å². The zero-order valence-electron chi connectivity index (χ0n) is 15.2. The zero-order valence-corrected chi connectivity index (χ0v) is 15.2. The molecule has 2 aromatic heterocycles. The number of hydrogen-bond acceptors (Lipinski definition) is 4. The average Bonchev–Trinajstić information content (AvgIpc) is 3.19. The minimum Gasteiger partial charge on any atom is -0.493 e. The van der Waals surface area contributed by atoms with E-state index in [0.29, 0.717) is 24.2 Å². The molecular weight excluding hydrogens is 328 g/mol. The standard InChI is InChI=1S/C20H22N4O2/c1-4-24-17-10-13(9-12(2)14(17)11-22-24)16-6-5-15(18(25)23-16)20(3)7-8-21-19(20)26/h5-6,9-11H,4,7-8H2,1-3H3,(H,21,26)(H,23,25)/t20-/m1/s1. The fraction of sp³-hybridized carbons (Fsp3) is 0.350. The van der Waals surface area contributed by atoms with Crippen LogP contribution in [0.25, 0.3) is 22.2 Å². The topological polar surface area (TPSA) is 80.0 Å². The van der Waals surface area contributed by atoms with Gasteiger partial charge in [-0.3, -0.25) is 9.48 Å². The molecular formula is C20H22N4O2. The van der Waals surface area contributed by atoms with Gasteiger partial charge in [-0.15, -0.1) is 0 Å². The molecule has 1 saturated heterocycles. The summed E-state index contributed by atoms with van der Waals surface area (Å²) < 4.78 is 1.95. The molecule has 2 N–H and O–H groups in total. The van der Waals surface area contributed by atoms with Crippen LogP contribution >= 0.6 is 0 Å². The van der Waals surface area contributed by atoms with Gasteiger partial charge in [0, 0.05) is 29.6 Å². The van der Waals surface area contributed by atoms with Crippen LogP contribution in [0.5, 0.6) is 5.88 Å². The second-order valence-electron chi connectivity index (χ2n) is 7.09. The zero-order chi connectivity index (χ0) is 18.5. The second-order valence-corrected chi connectivity index (χ2v) is 7.09. The van der Waals surface area contributed by atoms with Gasteiger partial charge in [-0.05, 0) is 51.0 Å². The number of benzene rings is 1. The third-order valence-electron chi connectivity index (χ3n) is 5.45. The van der Waals surface area contributed by atoms with Crippen molar-refractivity contribution in [3.05, 3.63) is 41.6 Å². The predicted octanol–water partition coefficient (Wildman–Crippen LogP) is 2.91. The van der Waals surface area contributed by atoms with Crippen molar-refractivity contribution < 1.29 is 9.90 Å². The van der Waals surface area contributed by atoms with E-state index in [0.717, 1.165) is 28.6 Å². The van der Waals surface area contributed by atoms with Gasteiger partial charge < -0.3 is 10.4 Å². The maximum absolute atomic E-state index is 12.2. The van der Waals surface area contributed by atoms with Gasteiger partial charge >= 0.3 is 0 Å². The van der Waals surface area contributed by atoms with Crippen molar-refractivity contribution in [2.75, 3.05) is 6.54 Å². The Kier molecular flexibility index (Phi) is 3.72. The lowest BCUT2D eigenvalue weighted by Crippen LogP contribution is -2.32. The average molecular weight is 350 g/mol. The number of carbonyl (C=O) groups is 1. The van der Waals surface area contributed by atoms with Crippen molar-refractivity contribution in [3.8, 4) is 17.1 Å². The largest absolute Gasteiger partial charge is 0.493 e. The van der Waals surface area contributed by atoms with Crippen molar-refractivity contribution >= 4 is 16.8 Å². The van der Waals surface area contributed by atoms with Crippen LogP contribution in [0.3, 0.4) is 0 Å². The number of fused-ring (bicyclic) bond motifs is 1. The second kappa shape index (κ2) is 5.83. The first-order chi connectivity index (χ1) is 12.4. The summed E-state index contributed by atoms with van der Waals surface area (Å²) in [5.74, 6) is -0.143. The lowest BCUT2D eigenvalue weighted by molar-refractivity contribution is -0.123. The van der Waals surface area contributed by atoms with Gasteiger partial charge in [-0.1, -0.05) is 6.07 Å². The van der Waals surface area contributed by atoms with Crippen molar-refractivity contribution in [2.24, 2.45) is 0 Å². The Balaban J connectivity index is 1.81. The predicted molar refractivity (Wildman–Crippen MR) is 100 cm³/mol. The lowest BCUT2D eigenvalue weighted by atomic mass is 9.81. The summed E-state index contributed by atoms with van der Waals surface area (Å²) in [6, 6.07) is 7.79. The Morgan fingerprint density at radius 3 is 2.81 bits per heavy atom. The Morgan fingerprint density at radius 2 is 2.15 bits per heavy atom.